The lowest BCUT2D eigenvalue weighted by Crippen LogP contribution is -2.45. The maximum absolute atomic E-state index is 15.9. The van der Waals surface area contributed by atoms with E-state index in [-0.39, 0.29) is 24.1 Å². The Morgan fingerprint density at radius 1 is 1.12 bits per heavy atom. The van der Waals surface area contributed by atoms with E-state index >= 15 is 4.39 Å². The number of carbonyl (C=O) groups excluding carboxylic acids is 1. The third kappa shape index (κ3) is 7.21. The van der Waals surface area contributed by atoms with Crippen molar-refractivity contribution in [3.05, 3.63) is 77.3 Å². The van der Waals surface area contributed by atoms with Crippen LogP contribution in [-0.4, -0.2) is 64.2 Å². The standard InChI is InChI=1S/C39H47FN4O5/c1-9-46-37(45)35(49-38(5,6)7)32-26(4)41-31-23-29-27-13-10-14-28(22-27)33-30(16-15-24(2)34(33)40)48-25(3)12-11-21-47-39(8)17-19-43(20-18-39)36(32)44(31)42-29/h10-16,22-23,25,35H,9,17-21H2,1-8H3/b12-11+/t25-,35-/m0/s1. The van der Waals surface area contributed by atoms with E-state index in [9.17, 15) is 4.79 Å². The third-order valence-electron chi connectivity index (χ3n) is 9.15. The van der Waals surface area contributed by atoms with E-state index in [1.54, 1.807) is 19.9 Å². The topological polar surface area (TPSA) is 87.4 Å². The van der Waals surface area contributed by atoms with Gasteiger partial charge in [-0.3, -0.25) is 0 Å². The number of piperidine rings is 1. The molecule has 0 saturated carbocycles. The van der Waals surface area contributed by atoms with Gasteiger partial charge in [0.2, 0.25) is 0 Å². The first-order chi connectivity index (χ1) is 23.3. The van der Waals surface area contributed by atoms with Gasteiger partial charge in [0, 0.05) is 30.4 Å². The fourth-order valence-corrected chi connectivity index (χ4v) is 6.60. The van der Waals surface area contributed by atoms with Gasteiger partial charge in [-0.2, -0.15) is 9.61 Å². The molecule has 0 N–H and O–H groups in total. The summed E-state index contributed by atoms with van der Waals surface area (Å²) in [6.45, 7) is 17.2. The van der Waals surface area contributed by atoms with Crippen LogP contribution >= 0.6 is 0 Å². The summed E-state index contributed by atoms with van der Waals surface area (Å²) in [4.78, 5) is 20.8. The van der Waals surface area contributed by atoms with Crippen LogP contribution in [0.3, 0.4) is 0 Å². The molecule has 4 aromatic rings. The van der Waals surface area contributed by atoms with E-state index in [4.69, 9.17) is 29.0 Å². The Morgan fingerprint density at radius 2 is 1.86 bits per heavy atom. The summed E-state index contributed by atoms with van der Waals surface area (Å²) in [5.74, 6) is 0.386. The number of rotatable bonds is 4. The number of ether oxygens (including phenoxy) is 4. The molecule has 2 atom stereocenters. The lowest BCUT2D eigenvalue weighted by molar-refractivity contribution is -0.166. The number of hydrogen-bond donors (Lipinski definition) is 0. The summed E-state index contributed by atoms with van der Waals surface area (Å²) >= 11 is 0. The maximum Gasteiger partial charge on any atom is 0.340 e. The average Bonchev–Trinajstić information content (AvgIpc) is 3.47. The Labute approximate surface area is 288 Å². The lowest BCUT2D eigenvalue weighted by Gasteiger charge is -2.41. The molecule has 0 spiro atoms. The Bertz CT molecular complexity index is 1890. The molecule has 5 heterocycles. The fourth-order valence-electron chi connectivity index (χ4n) is 6.60. The number of aromatic nitrogens is 3. The summed E-state index contributed by atoms with van der Waals surface area (Å²) in [5.41, 5.74) is 3.93. The molecular weight excluding hydrogens is 623 g/mol. The van der Waals surface area contributed by atoms with E-state index in [1.165, 1.54) is 0 Å². The van der Waals surface area contributed by atoms with Crippen LogP contribution in [0.25, 0.3) is 28.0 Å². The highest BCUT2D eigenvalue weighted by Gasteiger charge is 2.38. The van der Waals surface area contributed by atoms with Crippen molar-refractivity contribution in [2.45, 2.75) is 91.6 Å². The summed E-state index contributed by atoms with van der Waals surface area (Å²) < 4.78 is 42.5. The molecule has 2 aromatic heterocycles. The molecule has 6 bridgehead atoms. The summed E-state index contributed by atoms with van der Waals surface area (Å²) in [5, 5.41) is 5.11. The maximum atomic E-state index is 15.9. The highest BCUT2D eigenvalue weighted by atomic mass is 19.1. The van der Waals surface area contributed by atoms with Crippen molar-refractivity contribution >= 4 is 17.4 Å². The molecular formula is C39H47FN4O5. The Balaban J connectivity index is 1.58. The van der Waals surface area contributed by atoms with Gasteiger partial charge in [0.25, 0.3) is 0 Å². The normalized spacial score (nSPS) is 21.0. The predicted octanol–water partition coefficient (Wildman–Crippen LogP) is 7.95. The van der Waals surface area contributed by atoms with Crippen molar-refractivity contribution in [2.24, 2.45) is 0 Å². The number of nitrogens with zero attached hydrogens (tertiary/aromatic N) is 4. The van der Waals surface area contributed by atoms with Gasteiger partial charge in [0.15, 0.2) is 11.8 Å². The van der Waals surface area contributed by atoms with Crippen LogP contribution in [0.5, 0.6) is 5.75 Å². The SMILES string of the molecule is CCOC(=O)[C@@H](OC(C)(C)C)c1c(C)nc2cc3nn2c1N1CCC(C)(CC1)OC/C=C/[C@H](C)Oc1ccc(C)c(F)c1-c1cccc-3c1. The van der Waals surface area contributed by atoms with Crippen LogP contribution in [0.4, 0.5) is 10.2 Å². The smallest absolute Gasteiger partial charge is 0.340 e. The number of halogens is 1. The van der Waals surface area contributed by atoms with Crippen molar-refractivity contribution in [2.75, 3.05) is 31.2 Å². The Hall–Kier alpha value is -4.28. The molecule has 9 nitrogen and oxygen atoms in total. The van der Waals surface area contributed by atoms with Gasteiger partial charge in [0.05, 0.1) is 41.2 Å². The summed E-state index contributed by atoms with van der Waals surface area (Å²) in [7, 11) is 0. The zero-order valence-electron chi connectivity index (χ0n) is 29.8. The minimum absolute atomic E-state index is 0.218. The molecule has 0 unspecified atom stereocenters. The Kier molecular flexibility index (Phi) is 9.57. The molecule has 2 aromatic carbocycles. The van der Waals surface area contributed by atoms with E-state index < -0.39 is 17.7 Å². The Morgan fingerprint density at radius 3 is 2.57 bits per heavy atom. The number of benzene rings is 2. The van der Waals surface area contributed by atoms with Gasteiger partial charge >= 0.3 is 5.97 Å². The monoisotopic (exact) mass is 670 g/mol. The third-order valence-corrected chi connectivity index (χ3v) is 9.15. The van der Waals surface area contributed by atoms with Gasteiger partial charge < -0.3 is 23.8 Å². The van der Waals surface area contributed by atoms with E-state index in [2.05, 4.69) is 11.8 Å². The molecule has 10 heteroatoms. The quantitative estimate of drug-likeness (QED) is 0.160. The van der Waals surface area contributed by atoms with Crippen molar-refractivity contribution < 1.29 is 28.1 Å². The fraction of sp³-hybridized carbons (Fsp3) is 0.462. The van der Waals surface area contributed by atoms with E-state index in [0.717, 1.165) is 24.2 Å². The molecule has 260 valence electrons. The van der Waals surface area contributed by atoms with Crippen molar-refractivity contribution in [3.63, 3.8) is 0 Å². The molecule has 0 radical (unpaired) electrons. The number of hydrogen-bond acceptors (Lipinski definition) is 8. The van der Waals surface area contributed by atoms with Crippen LogP contribution in [0.15, 0.2) is 54.6 Å². The van der Waals surface area contributed by atoms with Gasteiger partial charge in [-0.1, -0.05) is 30.3 Å². The van der Waals surface area contributed by atoms with Gasteiger partial charge in [0.1, 0.15) is 23.5 Å². The van der Waals surface area contributed by atoms with Crippen LogP contribution < -0.4 is 9.64 Å². The number of esters is 1. The van der Waals surface area contributed by atoms with Crippen LogP contribution in [0, 0.1) is 19.7 Å². The molecule has 7 rings (SSSR count). The first kappa shape index (κ1) is 34.6. The average molecular weight is 671 g/mol. The molecule has 49 heavy (non-hydrogen) atoms. The minimum atomic E-state index is -1.02. The van der Waals surface area contributed by atoms with E-state index in [1.807, 2.05) is 87.7 Å². The largest absolute Gasteiger partial charge is 0.486 e. The highest BCUT2D eigenvalue weighted by molar-refractivity contribution is 5.81. The van der Waals surface area contributed by atoms with Crippen LogP contribution in [-0.2, 0) is 19.0 Å². The first-order valence-corrected chi connectivity index (χ1v) is 17.1. The zero-order chi connectivity index (χ0) is 35.1. The van der Waals surface area contributed by atoms with Crippen LogP contribution in [0.1, 0.15) is 77.3 Å². The summed E-state index contributed by atoms with van der Waals surface area (Å²) in [6.07, 6.45) is 4.08. The van der Waals surface area contributed by atoms with Gasteiger partial charge in [-0.05, 0) is 97.6 Å². The molecule has 0 amide bonds. The molecule has 3 aliphatic rings. The number of fused-ring (bicyclic) bond motifs is 6. The molecule has 0 aliphatic carbocycles. The second kappa shape index (κ2) is 13.6. The highest BCUT2D eigenvalue weighted by Crippen LogP contribution is 2.40. The van der Waals surface area contributed by atoms with Crippen molar-refractivity contribution in [1.82, 2.24) is 14.6 Å². The lowest BCUT2D eigenvalue weighted by atomic mass is 9.92. The molecule has 3 aliphatic heterocycles. The minimum Gasteiger partial charge on any atom is -0.486 e. The number of anilines is 1. The van der Waals surface area contributed by atoms with Crippen molar-refractivity contribution in [3.8, 4) is 28.1 Å². The van der Waals surface area contributed by atoms with Crippen LogP contribution in [0.2, 0.25) is 0 Å². The summed E-state index contributed by atoms with van der Waals surface area (Å²) in [6, 6.07) is 13.1. The molecule has 1 saturated heterocycles. The van der Waals surface area contributed by atoms with Crippen molar-refractivity contribution in [1.29, 1.82) is 0 Å². The second-order valence-electron chi connectivity index (χ2n) is 14.2. The predicted molar refractivity (Wildman–Crippen MR) is 189 cm³/mol. The first-order valence-electron chi connectivity index (χ1n) is 17.1. The van der Waals surface area contributed by atoms with Gasteiger partial charge in [-0.25, -0.2) is 14.2 Å². The zero-order valence-corrected chi connectivity index (χ0v) is 29.8. The van der Waals surface area contributed by atoms with Gasteiger partial charge in [-0.15, -0.1) is 0 Å². The second-order valence-corrected chi connectivity index (χ2v) is 14.2. The number of carbonyl (C=O) groups is 1. The van der Waals surface area contributed by atoms with E-state index in [0.29, 0.717) is 64.7 Å². The number of aryl methyl sites for hydroxylation is 2. The molecule has 1 fully saturated rings.